The zero-order chi connectivity index (χ0) is 19.0. The molecule has 6 heteroatoms. The molecular weight excluding hydrogens is 349 g/mol. The topological polar surface area (TPSA) is 68.5 Å². The molecule has 3 aromatic carbocycles. The minimum Gasteiger partial charge on any atom is -0.496 e. The van der Waals surface area contributed by atoms with Crippen molar-refractivity contribution in [2.45, 2.75) is 0 Å². The van der Waals surface area contributed by atoms with E-state index in [1.165, 1.54) is 31.4 Å². The van der Waals surface area contributed by atoms with Crippen molar-refractivity contribution in [1.82, 2.24) is 0 Å². The third-order valence-electron chi connectivity index (χ3n) is 4.26. The Bertz CT molecular complexity index is 1250. The standard InChI is InChI=1S/C21H14FNO4/c1-26-17-8-3-2-5-14(17)21(25)23-12-9-10-13-18(11-12)27-20-15(19(13)24)6-4-7-16(20)22/h2-11H,1H3,(H,23,25). The van der Waals surface area contributed by atoms with Gasteiger partial charge in [0.25, 0.3) is 5.91 Å². The lowest BCUT2D eigenvalue weighted by molar-refractivity contribution is 0.102. The fraction of sp³-hybridized carbons (Fsp3) is 0.0476. The largest absolute Gasteiger partial charge is 0.496 e. The van der Waals surface area contributed by atoms with Gasteiger partial charge in [-0.1, -0.05) is 18.2 Å². The van der Waals surface area contributed by atoms with Crippen LogP contribution in [0.3, 0.4) is 0 Å². The van der Waals surface area contributed by atoms with E-state index in [2.05, 4.69) is 5.32 Å². The second-order valence-corrected chi connectivity index (χ2v) is 5.91. The normalized spacial score (nSPS) is 10.9. The van der Waals surface area contributed by atoms with E-state index in [-0.39, 0.29) is 27.9 Å². The maximum Gasteiger partial charge on any atom is 0.259 e. The van der Waals surface area contributed by atoms with Gasteiger partial charge in [0.15, 0.2) is 11.4 Å². The Hall–Kier alpha value is -3.67. The van der Waals surface area contributed by atoms with Gasteiger partial charge in [0, 0.05) is 11.8 Å². The summed E-state index contributed by atoms with van der Waals surface area (Å²) in [6, 6.07) is 15.7. The number of anilines is 1. The van der Waals surface area contributed by atoms with Crippen LogP contribution in [-0.2, 0) is 0 Å². The van der Waals surface area contributed by atoms with Gasteiger partial charge in [0.05, 0.1) is 23.4 Å². The number of nitrogens with one attached hydrogen (secondary N) is 1. The van der Waals surface area contributed by atoms with Gasteiger partial charge in [-0.2, -0.15) is 0 Å². The highest BCUT2D eigenvalue weighted by Gasteiger charge is 2.14. The molecule has 1 N–H and O–H groups in total. The second-order valence-electron chi connectivity index (χ2n) is 5.91. The summed E-state index contributed by atoms with van der Waals surface area (Å²) in [5.41, 5.74) is 0.537. The zero-order valence-corrected chi connectivity index (χ0v) is 14.3. The SMILES string of the molecule is COc1ccccc1C(=O)Nc1ccc2c(=O)c3cccc(F)c3oc2c1. The Labute approximate surface area is 153 Å². The first-order valence-corrected chi connectivity index (χ1v) is 8.18. The summed E-state index contributed by atoms with van der Waals surface area (Å²) in [5.74, 6) is -0.550. The number of methoxy groups -OCH3 is 1. The lowest BCUT2D eigenvalue weighted by Gasteiger charge is -2.10. The molecular formula is C21H14FNO4. The van der Waals surface area contributed by atoms with Crippen LogP contribution in [0.15, 0.2) is 69.9 Å². The number of halogens is 1. The first kappa shape index (κ1) is 16.8. The third kappa shape index (κ3) is 2.91. The van der Waals surface area contributed by atoms with Crippen molar-refractivity contribution in [2.75, 3.05) is 12.4 Å². The fourth-order valence-corrected chi connectivity index (χ4v) is 2.95. The molecule has 0 aliphatic rings. The van der Waals surface area contributed by atoms with Gasteiger partial charge < -0.3 is 14.5 Å². The van der Waals surface area contributed by atoms with Crippen molar-refractivity contribution < 1.29 is 18.3 Å². The molecule has 134 valence electrons. The minimum absolute atomic E-state index is 0.108. The summed E-state index contributed by atoms with van der Waals surface area (Å²) in [6.45, 7) is 0. The smallest absolute Gasteiger partial charge is 0.259 e. The monoisotopic (exact) mass is 363 g/mol. The van der Waals surface area contributed by atoms with E-state index in [0.29, 0.717) is 22.4 Å². The van der Waals surface area contributed by atoms with Crippen LogP contribution in [0.4, 0.5) is 10.1 Å². The molecule has 0 aliphatic heterocycles. The summed E-state index contributed by atoms with van der Waals surface area (Å²) in [6.07, 6.45) is 0. The number of hydrogen-bond donors (Lipinski definition) is 1. The van der Waals surface area contributed by atoms with Crippen LogP contribution in [-0.4, -0.2) is 13.0 Å². The molecule has 1 amide bonds. The number of rotatable bonds is 3. The first-order valence-electron chi connectivity index (χ1n) is 8.18. The highest BCUT2D eigenvalue weighted by molar-refractivity contribution is 6.07. The van der Waals surface area contributed by atoms with Crippen molar-refractivity contribution in [3.63, 3.8) is 0 Å². The molecule has 0 aliphatic carbocycles. The van der Waals surface area contributed by atoms with Crippen LogP contribution < -0.4 is 15.5 Å². The lowest BCUT2D eigenvalue weighted by atomic mass is 10.1. The number of benzene rings is 3. The Balaban J connectivity index is 1.77. The number of ether oxygens (including phenoxy) is 1. The average molecular weight is 363 g/mol. The van der Waals surface area contributed by atoms with Crippen molar-refractivity contribution in [1.29, 1.82) is 0 Å². The van der Waals surface area contributed by atoms with Gasteiger partial charge in [0.2, 0.25) is 5.43 Å². The number of hydrogen-bond acceptors (Lipinski definition) is 4. The van der Waals surface area contributed by atoms with Gasteiger partial charge in [-0.15, -0.1) is 0 Å². The van der Waals surface area contributed by atoms with Crippen molar-refractivity contribution in [2.24, 2.45) is 0 Å². The number of carbonyl (C=O) groups is 1. The quantitative estimate of drug-likeness (QED) is 0.550. The number of fused-ring (bicyclic) bond motifs is 2. The molecule has 0 atom stereocenters. The zero-order valence-electron chi connectivity index (χ0n) is 14.3. The van der Waals surface area contributed by atoms with Gasteiger partial charge >= 0.3 is 0 Å². The van der Waals surface area contributed by atoms with Crippen molar-refractivity contribution in [3.05, 3.63) is 82.3 Å². The molecule has 5 nitrogen and oxygen atoms in total. The van der Waals surface area contributed by atoms with E-state index in [4.69, 9.17) is 9.15 Å². The van der Waals surface area contributed by atoms with Gasteiger partial charge in [-0.05, 0) is 36.4 Å². The molecule has 1 heterocycles. The van der Waals surface area contributed by atoms with E-state index in [1.807, 2.05) is 0 Å². The van der Waals surface area contributed by atoms with Crippen LogP contribution >= 0.6 is 0 Å². The second kappa shape index (κ2) is 6.57. The maximum absolute atomic E-state index is 14.0. The first-order chi connectivity index (χ1) is 13.1. The van der Waals surface area contributed by atoms with E-state index < -0.39 is 5.82 Å². The molecule has 0 spiro atoms. The van der Waals surface area contributed by atoms with E-state index in [1.54, 1.807) is 36.4 Å². The Morgan fingerprint density at radius 3 is 2.67 bits per heavy atom. The van der Waals surface area contributed by atoms with Crippen molar-refractivity contribution >= 4 is 33.5 Å². The van der Waals surface area contributed by atoms with E-state index in [0.717, 1.165) is 0 Å². The molecule has 0 bridgehead atoms. The van der Waals surface area contributed by atoms with Crippen molar-refractivity contribution in [3.8, 4) is 5.75 Å². The van der Waals surface area contributed by atoms with E-state index in [9.17, 15) is 14.0 Å². The molecule has 0 fully saturated rings. The third-order valence-corrected chi connectivity index (χ3v) is 4.26. The molecule has 27 heavy (non-hydrogen) atoms. The van der Waals surface area contributed by atoms with Gasteiger partial charge in [-0.3, -0.25) is 9.59 Å². The summed E-state index contributed by atoms with van der Waals surface area (Å²) in [4.78, 5) is 25.1. The minimum atomic E-state index is -0.616. The number of para-hydroxylation sites is 2. The molecule has 0 unspecified atom stereocenters. The summed E-state index contributed by atoms with van der Waals surface area (Å²) in [7, 11) is 1.48. The molecule has 4 aromatic rings. The maximum atomic E-state index is 14.0. The molecule has 0 radical (unpaired) electrons. The van der Waals surface area contributed by atoms with Crippen LogP contribution in [0.5, 0.6) is 5.75 Å². The van der Waals surface area contributed by atoms with Crippen LogP contribution in [0.25, 0.3) is 21.9 Å². The molecule has 4 rings (SSSR count). The van der Waals surface area contributed by atoms with Crippen LogP contribution in [0.2, 0.25) is 0 Å². The van der Waals surface area contributed by atoms with Crippen LogP contribution in [0.1, 0.15) is 10.4 Å². The highest BCUT2D eigenvalue weighted by atomic mass is 19.1. The van der Waals surface area contributed by atoms with Gasteiger partial charge in [-0.25, -0.2) is 4.39 Å². The lowest BCUT2D eigenvalue weighted by Crippen LogP contribution is -2.13. The molecule has 0 saturated heterocycles. The van der Waals surface area contributed by atoms with Crippen LogP contribution in [0, 0.1) is 5.82 Å². The molecule has 1 aromatic heterocycles. The fourth-order valence-electron chi connectivity index (χ4n) is 2.95. The Morgan fingerprint density at radius 1 is 1.04 bits per heavy atom. The Morgan fingerprint density at radius 2 is 1.85 bits per heavy atom. The highest BCUT2D eigenvalue weighted by Crippen LogP contribution is 2.24. The van der Waals surface area contributed by atoms with E-state index >= 15 is 0 Å². The number of carbonyl (C=O) groups excluding carboxylic acids is 1. The predicted octanol–water partition coefficient (Wildman–Crippen LogP) is 4.35. The molecule has 0 saturated carbocycles. The van der Waals surface area contributed by atoms with Gasteiger partial charge in [0.1, 0.15) is 11.3 Å². The number of amides is 1. The predicted molar refractivity (Wildman–Crippen MR) is 101 cm³/mol. The average Bonchev–Trinajstić information content (AvgIpc) is 2.69. The summed E-state index contributed by atoms with van der Waals surface area (Å²) >= 11 is 0. The Kier molecular flexibility index (Phi) is 4.08. The summed E-state index contributed by atoms with van der Waals surface area (Å²) in [5, 5.41) is 3.22. The summed E-state index contributed by atoms with van der Waals surface area (Å²) < 4.78 is 24.8.